The minimum absolute atomic E-state index is 0.0811. The predicted molar refractivity (Wildman–Crippen MR) is 241 cm³/mol. The first-order chi connectivity index (χ1) is 34.5. The second-order valence-corrected chi connectivity index (χ2v) is 15.7. The minimum Gasteiger partial charge on any atom is -0.460 e. The van der Waals surface area contributed by atoms with Crippen molar-refractivity contribution in [2.24, 2.45) is 0 Å². The summed E-state index contributed by atoms with van der Waals surface area (Å²) >= 11 is 0. The number of hydrogen-bond acceptors (Lipinski definition) is 24. The third-order valence-electron chi connectivity index (χ3n) is 10.3. The van der Waals surface area contributed by atoms with Crippen molar-refractivity contribution >= 4 is 69.3 Å². The summed E-state index contributed by atoms with van der Waals surface area (Å²) in [5.74, 6) is -7.34. The topological polar surface area (TPSA) is 316 Å². The summed E-state index contributed by atoms with van der Waals surface area (Å²) in [6.45, 7) is -0.806. The molecule has 0 saturated carbocycles. The molecule has 0 aliphatic rings. The van der Waals surface area contributed by atoms with Crippen molar-refractivity contribution in [2.75, 3.05) is 52.9 Å². The lowest BCUT2D eigenvalue weighted by atomic mass is 9.98. The number of hydrogen-bond donors (Lipinski definition) is 4. The number of unbranched alkanes of at least 4 members (excludes halogenated alkanes) is 4. The molecule has 4 aromatic carbocycles. The number of carbonyl (C=O) groups is 8. The highest BCUT2D eigenvalue weighted by molar-refractivity contribution is 5.89. The van der Waals surface area contributed by atoms with E-state index in [0.717, 1.165) is 21.5 Å². The number of rotatable bonds is 31. The Morgan fingerprint density at radius 2 is 0.750 bits per heavy atom. The fourth-order valence-corrected chi connectivity index (χ4v) is 6.44. The van der Waals surface area contributed by atoms with Gasteiger partial charge in [-0.2, -0.15) is 0 Å². The van der Waals surface area contributed by atoms with Gasteiger partial charge in [-0.3, -0.25) is 49.7 Å². The van der Waals surface area contributed by atoms with E-state index in [4.69, 9.17) is 58.7 Å². The van der Waals surface area contributed by atoms with Crippen LogP contribution >= 0.6 is 0 Å². The van der Waals surface area contributed by atoms with Gasteiger partial charge in [-0.1, -0.05) is 61.4 Å². The van der Waals surface area contributed by atoms with Crippen LogP contribution < -0.4 is 9.47 Å². The number of fused-ring (bicyclic) bond motifs is 2. The lowest BCUT2D eigenvalue weighted by molar-refractivity contribution is -0.492. The minimum atomic E-state index is -1.03. The van der Waals surface area contributed by atoms with Gasteiger partial charge in [0.1, 0.15) is 24.7 Å². The normalized spacial score (nSPS) is 11.9. The van der Waals surface area contributed by atoms with Gasteiger partial charge in [-0.05, 0) is 96.5 Å². The molecule has 0 aliphatic heterocycles. The van der Waals surface area contributed by atoms with E-state index < -0.39 is 99.2 Å². The first-order valence-corrected chi connectivity index (χ1v) is 22.5. The van der Waals surface area contributed by atoms with Gasteiger partial charge in [0.2, 0.25) is 0 Å². The number of ether oxygens (including phenoxy) is 8. The Morgan fingerprint density at radius 3 is 1.14 bits per heavy atom. The van der Waals surface area contributed by atoms with Crippen molar-refractivity contribution in [1.29, 1.82) is 0 Å². The molecule has 4 aromatic rings. The summed E-state index contributed by atoms with van der Waals surface area (Å²) in [6.07, 6.45) is 3.57. The van der Waals surface area contributed by atoms with Gasteiger partial charge < -0.3 is 37.9 Å². The van der Waals surface area contributed by atoms with E-state index in [-0.39, 0.29) is 36.8 Å². The second-order valence-electron chi connectivity index (χ2n) is 15.7. The molecule has 0 fully saturated rings. The Bertz CT molecular complexity index is 2310. The van der Waals surface area contributed by atoms with Crippen molar-refractivity contribution in [3.05, 3.63) is 83.9 Å². The maximum absolute atomic E-state index is 12.7. The summed E-state index contributed by atoms with van der Waals surface area (Å²) in [4.78, 5) is 107. The summed E-state index contributed by atoms with van der Waals surface area (Å²) in [5.41, 5.74) is 1.15. The van der Waals surface area contributed by atoms with Crippen LogP contribution in [0.25, 0.3) is 21.5 Å². The first kappa shape index (κ1) is 57.4. The van der Waals surface area contributed by atoms with E-state index in [9.17, 15) is 38.4 Å². The lowest BCUT2D eigenvalue weighted by Gasteiger charge is -2.13. The maximum Gasteiger partial charge on any atom is 0.344 e. The van der Waals surface area contributed by atoms with Crippen LogP contribution in [0.2, 0.25) is 0 Å². The maximum atomic E-state index is 12.7. The third kappa shape index (κ3) is 21.5. The van der Waals surface area contributed by atoms with E-state index in [2.05, 4.69) is 9.68 Å². The van der Waals surface area contributed by atoms with Crippen LogP contribution in [-0.2, 0) is 76.5 Å². The van der Waals surface area contributed by atoms with Crippen LogP contribution in [-0.4, -0.2) is 132 Å². The molecule has 24 nitrogen and oxygen atoms in total. The van der Waals surface area contributed by atoms with Crippen molar-refractivity contribution in [2.45, 2.75) is 77.0 Å². The monoisotopic (exact) mass is 1010 g/mol. The Hall–Kier alpha value is -7.16. The molecule has 0 heterocycles. The zero-order chi connectivity index (χ0) is 52.4. The molecular formula is C48H56N2O22. The molecule has 2 atom stereocenters. The number of benzene rings is 4. The highest BCUT2D eigenvalue weighted by atomic mass is 17.1. The van der Waals surface area contributed by atoms with E-state index in [1.807, 2.05) is 0 Å². The average Bonchev–Trinajstić information content (AvgIpc) is 3.35. The van der Waals surface area contributed by atoms with Gasteiger partial charge in [0, 0.05) is 12.8 Å². The Balaban J connectivity index is 1.04. The fourth-order valence-electron chi connectivity index (χ4n) is 6.44. The molecule has 0 radical (unpaired) electrons. The standard InChI is InChI=1S/C48H56N2O22/c1-31(33-11-13-37-25-39(17-15-35(37)23-33)71-41(51)9-5-3-7-19-69-49(59)60)47(57)67-29-45(55)65-27-43(53)63-21-22-64-44(54)28-66-46(56)30-68-48(58)32(2)34-12-14-38-26-40(18-16-36(38)24-34)72-42(52)10-6-4-8-20-70-50(61)62/h11-18,23-26,31-32,59-62H,3-10,19-22,27-30H2,1-2H3. The van der Waals surface area contributed by atoms with Crippen LogP contribution in [0.1, 0.15) is 88.2 Å². The lowest BCUT2D eigenvalue weighted by Crippen LogP contribution is -2.25. The average molecular weight is 1010 g/mol. The zero-order valence-corrected chi connectivity index (χ0v) is 39.4. The first-order valence-electron chi connectivity index (χ1n) is 22.5. The molecular weight excluding hydrogens is 957 g/mol. The highest BCUT2D eigenvalue weighted by Crippen LogP contribution is 2.28. The second kappa shape index (κ2) is 30.5. The van der Waals surface area contributed by atoms with Crippen LogP contribution in [0.3, 0.4) is 0 Å². The summed E-state index contributed by atoms with van der Waals surface area (Å²) in [6, 6.07) is 20.3. The highest BCUT2D eigenvalue weighted by Gasteiger charge is 2.22. The third-order valence-corrected chi connectivity index (χ3v) is 10.3. The fraction of sp³-hybridized carbons (Fsp3) is 0.417. The zero-order valence-electron chi connectivity index (χ0n) is 39.4. The molecule has 390 valence electrons. The van der Waals surface area contributed by atoms with Gasteiger partial charge in [-0.15, -0.1) is 0 Å². The Kier molecular flexibility index (Phi) is 24.4. The SMILES string of the molecule is CC(C(=O)OCC(=O)OCC(=O)OCCOC(=O)COC(=O)COC(=O)C(C)c1ccc2cc(OC(=O)CCCCCON(O)O)ccc2c1)c1ccc2cc(OC(=O)CCCCCON(O)O)ccc2c1. The molecule has 4 N–H and O–H groups in total. The van der Waals surface area contributed by atoms with E-state index in [0.29, 0.717) is 61.2 Å². The summed E-state index contributed by atoms with van der Waals surface area (Å²) in [5, 5.41) is 36.2. The quantitative estimate of drug-likeness (QED) is 0.0167. The molecule has 0 saturated heterocycles. The number of carbonyl (C=O) groups excluding carboxylic acids is 8. The Labute approximate surface area is 411 Å². The van der Waals surface area contributed by atoms with Gasteiger partial charge in [0.15, 0.2) is 26.4 Å². The number of esters is 8. The molecule has 0 bridgehead atoms. The Morgan fingerprint density at radius 1 is 0.403 bits per heavy atom. The van der Waals surface area contributed by atoms with E-state index >= 15 is 0 Å². The summed E-state index contributed by atoms with van der Waals surface area (Å²) in [7, 11) is 0. The largest absolute Gasteiger partial charge is 0.460 e. The smallest absolute Gasteiger partial charge is 0.344 e. The summed E-state index contributed by atoms with van der Waals surface area (Å²) < 4.78 is 40.2. The van der Waals surface area contributed by atoms with Crippen molar-refractivity contribution in [3.63, 3.8) is 0 Å². The van der Waals surface area contributed by atoms with Gasteiger partial charge >= 0.3 is 47.8 Å². The molecule has 72 heavy (non-hydrogen) atoms. The molecule has 0 amide bonds. The number of nitrogens with zero attached hydrogens (tertiary/aromatic N) is 2. The van der Waals surface area contributed by atoms with Gasteiger partial charge in [-0.25, -0.2) is 19.2 Å². The predicted octanol–water partition coefficient (Wildman–Crippen LogP) is 5.12. The van der Waals surface area contributed by atoms with E-state index in [1.54, 1.807) is 86.6 Å². The van der Waals surface area contributed by atoms with Gasteiger partial charge in [0.25, 0.3) is 0 Å². The molecule has 24 heteroatoms. The van der Waals surface area contributed by atoms with Crippen molar-refractivity contribution in [3.8, 4) is 11.5 Å². The van der Waals surface area contributed by atoms with E-state index in [1.165, 1.54) is 0 Å². The molecule has 0 aromatic heterocycles. The van der Waals surface area contributed by atoms with Crippen LogP contribution in [0.5, 0.6) is 11.5 Å². The van der Waals surface area contributed by atoms with Crippen LogP contribution in [0, 0.1) is 0 Å². The van der Waals surface area contributed by atoms with Gasteiger partial charge in [0.05, 0.1) is 35.8 Å². The van der Waals surface area contributed by atoms with Crippen molar-refractivity contribution < 1.29 is 107 Å². The van der Waals surface area contributed by atoms with Crippen LogP contribution in [0.15, 0.2) is 72.8 Å². The van der Waals surface area contributed by atoms with Crippen LogP contribution in [0.4, 0.5) is 0 Å². The molecule has 4 rings (SSSR count). The molecule has 2 unspecified atom stereocenters. The molecule has 0 aliphatic carbocycles. The van der Waals surface area contributed by atoms with Crippen molar-refractivity contribution in [1.82, 2.24) is 10.8 Å². The molecule has 0 spiro atoms.